The van der Waals surface area contributed by atoms with Crippen LogP contribution in [0.5, 0.6) is 0 Å². The highest BCUT2D eigenvalue weighted by Gasteiger charge is 2.20. The lowest BCUT2D eigenvalue weighted by Gasteiger charge is -2.35. The van der Waals surface area contributed by atoms with Gasteiger partial charge < -0.3 is 4.90 Å². The van der Waals surface area contributed by atoms with E-state index in [9.17, 15) is 9.18 Å². The zero-order valence-electron chi connectivity index (χ0n) is 14.1. The molecule has 2 aromatic carbocycles. The maximum atomic E-state index is 12.9. The Morgan fingerprint density at radius 2 is 1.72 bits per heavy atom. The van der Waals surface area contributed by atoms with Gasteiger partial charge in [0.05, 0.1) is 0 Å². The van der Waals surface area contributed by atoms with Crippen LogP contribution >= 0.6 is 11.6 Å². The van der Waals surface area contributed by atoms with E-state index < -0.39 is 0 Å². The standard InChI is InChI=1S/C20H22ClFN2O/c21-18-3-1-2-17(14-18)15-23-10-12-24(13-11-23)20(25)9-6-16-4-7-19(22)8-5-16/h1-5,7-8,14H,6,9-13,15H2. The molecular weight excluding hydrogens is 339 g/mol. The number of benzene rings is 2. The quantitative estimate of drug-likeness (QED) is 0.810. The van der Waals surface area contributed by atoms with Crippen molar-refractivity contribution in [3.05, 3.63) is 70.5 Å². The summed E-state index contributed by atoms with van der Waals surface area (Å²) in [7, 11) is 0. The van der Waals surface area contributed by atoms with Gasteiger partial charge in [0.1, 0.15) is 5.82 Å². The van der Waals surface area contributed by atoms with Crippen LogP contribution in [-0.4, -0.2) is 41.9 Å². The van der Waals surface area contributed by atoms with Gasteiger partial charge in [-0.25, -0.2) is 4.39 Å². The van der Waals surface area contributed by atoms with Crippen LogP contribution in [0.2, 0.25) is 5.02 Å². The first kappa shape index (κ1) is 17.9. The second-order valence-corrected chi connectivity index (χ2v) is 6.85. The van der Waals surface area contributed by atoms with Crippen LogP contribution in [0.3, 0.4) is 0 Å². The van der Waals surface area contributed by atoms with E-state index in [0.717, 1.165) is 43.3 Å². The van der Waals surface area contributed by atoms with Crippen LogP contribution in [0.15, 0.2) is 48.5 Å². The number of rotatable bonds is 5. The third kappa shape index (κ3) is 5.28. The van der Waals surface area contributed by atoms with E-state index in [4.69, 9.17) is 11.6 Å². The molecule has 25 heavy (non-hydrogen) atoms. The molecule has 0 radical (unpaired) electrons. The smallest absolute Gasteiger partial charge is 0.222 e. The van der Waals surface area contributed by atoms with Crippen molar-refractivity contribution >= 4 is 17.5 Å². The van der Waals surface area contributed by atoms with Crippen molar-refractivity contribution in [3.8, 4) is 0 Å². The summed E-state index contributed by atoms with van der Waals surface area (Å²) in [6.45, 7) is 4.10. The molecule has 1 aliphatic rings. The van der Waals surface area contributed by atoms with Gasteiger partial charge in [-0.15, -0.1) is 0 Å². The van der Waals surface area contributed by atoms with E-state index in [1.165, 1.54) is 17.7 Å². The van der Waals surface area contributed by atoms with E-state index in [1.54, 1.807) is 12.1 Å². The minimum Gasteiger partial charge on any atom is -0.340 e. The van der Waals surface area contributed by atoms with Gasteiger partial charge >= 0.3 is 0 Å². The second kappa shape index (κ2) is 8.45. The SMILES string of the molecule is O=C(CCc1ccc(F)cc1)N1CCN(Cc2cccc(Cl)c2)CC1. The molecule has 0 spiro atoms. The molecule has 0 bridgehead atoms. The zero-order chi connectivity index (χ0) is 17.6. The van der Waals surface area contributed by atoms with Crippen LogP contribution in [0.25, 0.3) is 0 Å². The van der Waals surface area contributed by atoms with Gasteiger partial charge in [0.25, 0.3) is 0 Å². The summed E-state index contributed by atoms with van der Waals surface area (Å²) in [5.41, 5.74) is 2.19. The number of hydrogen-bond donors (Lipinski definition) is 0. The maximum Gasteiger partial charge on any atom is 0.222 e. The molecule has 0 N–H and O–H groups in total. The first-order valence-electron chi connectivity index (χ1n) is 8.59. The number of piperazine rings is 1. The zero-order valence-corrected chi connectivity index (χ0v) is 14.9. The number of aryl methyl sites for hydroxylation is 1. The first-order valence-corrected chi connectivity index (χ1v) is 8.97. The van der Waals surface area contributed by atoms with Crippen molar-refractivity contribution in [1.82, 2.24) is 9.80 Å². The largest absolute Gasteiger partial charge is 0.340 e. The van der Waals surface area contributed by atoms with Crippen molar-refractivity contribution in [2.24, 2.45) is 0 Å². The normalized spacial score (nSPS) is 15.4. The lowest BCUT2D eigenvalue weighted by atomic mass is 10.1. The summed E-state index contributed by atoms with van der Waals surface area (Å²) < 4.78 is 12.9. The molecule has 0 aromatic heterocycles. The van der Waals surface area contributed by atoms with Gasteiger partial charge in [0, 0.05) is 44.2 Å². The molecule has 1 heterocycles. The molecule has 5 heteroatoms. The lowest BCUT2D eigenvalue weighted by Crippen LogP contribution is -2.48. The summed E-state index contributed by atoms with van der Waals surface area (Å²) in [5.74, 6) is -0.0716. The number of halogens is 2. The number of nitrogens with zero attached hydrogens (tertiary/aromatic N) is 2. The van der Waals surface area contributed by atoms with E-state index in [1.807, 2.05) is 23.1 Å². The van der Waals surface area contributed by atoms with Crippen LogP contribution in [0.4, 0.5) is 4.39 Å². The van der Waals surface area contributed by atoms with Crippen LogP contribution < -0.4 is 0 Å². The Balaban J connectivity index is 1.43. The van der Waals surface area contributed by atoms with Crippen molar-refractivity contribution < 1.29 is 9.18 Å². The number of carbonyl (C=O) groups is 1. The third-order valence-electron chi connectivity index (χ3n) is 4.56. The van der Waals surface area contributed by atoms with Crippen molar-refractivity contribution in [2.45, 2.75) is 19.4 Å². The summed E-state index contributed by atoms with van der Waals surface area (Å²) >= 11 is 6.03. The van der Waals surface area contributed by atoms with E-state index in [-0.39, 0.29) is 11.7 Å². The molecule has 3 nitrogen and oxygen atoms in total. The molecule has 1 amide bonds. The van der Waals surface area contributed by atoms with Gasteiger partial charge in [-0.2, -0.15) is 0 Å². The Morgan fingerprint density at radius 1 is 1.00 bits per heavy atom. The molecule has 1 fully saturated rings. The average molecular weight is 361 g/mol. The topological polar surface area (TPSA) is 23.6 Å². The fourth-order valence-corrected chi connectivity index (χ4v) is 3.32. The molecule has 1 saturated heterocycles. The van der Waals surface area contributed by atoms with Crippen molar-refractivity contribution in [3.63, 3.8) is 0 Å². The number of carbonyl (C=O) groups excluding carboxylic acids is 1. The highest BCUT2D eigenvalue weighted by molar-refractivity contribution is 6.30. The average Bonchev–Trinajstić information content (AvgIpc) is 2.62. The molecule has 0 saturated carbocycles. The van der Waals surface area contributed by atoms with Crippen LogP contribution in [-0.2, 0) is 17.8 Å². The molecule has 0 atom stereocenters. The van der Waals surface area contributed by atoms with E-state index in [2.05, 4.69) is 11.0 Å². The minimum atomic E-state index is -0.245. The van der Waals surface area contributed by atoms with Gasteiger partial charge in [-0.3, -0.25) is 9.69 Å². The Bertz CT molecular complexity index is 712. The van der Waals surface area contributed by atoms with Crippen molar-refractivity contribution in [2.75, 3.05) is 26.2 Å². The summed E-state index contributed by atoms with van der Waals surface area (Å²) in [4.78, 5) is 16.6. The lowest BCUT2D eigenvalue weighted by molar-refractivity contribution is -0.133. The fraction of sp³-hybridized carbons (Fsp3) is 0.350. The Labute approximate surface area is 153 Å². The fourth-order valence-electron chi connectivity index (χ4n) is 3.11. The van der Waals surface area contributed by atoms with Crippen LogP contribution in [0.1, 0.15) is 17.5 Å². The van der Waals surface area contributed by atoms with Gasteiger partial charge in [-0.1, -0.05) is 35.9 Å². The summed E-state index contributed by atoms with van der Waals surface area (Å²) in [6.07, 6.45) is 1.13. The molecule has 3 rings (SSSR count). The highest BCUT2D eigenvalue weighted by atomic mass is 35.5. The highest BCUT2D eigenvalue weighted by Crippen LogP contribution is 2.14. The van der Waals surface area contributed by atoms with Gasteiger partial charge in [0.2, 0.25) is 5.91 Å². The first-order chi connectivity index (χ1) is 12.1. The monoisotopic (exact) mass is 360 g/mol. The molecule has 0 unspecified atom stereocenters. The van der Waals surface area contributed by atoms with Crippen molar-refractivity contribution in [1.29, 1.82) is 0 Å². The minimum absolute atomic E-state index is 0.173. The Kier molecular flexibility index (Phi) is 6.05. The summed E-state index contributed by atoms with van der Waals surface area (Å²) in [6, 6.07) is 14.3. The molecule has 2 aromatic rings. The Morgan fingerprint density at radius 3 is 2.40 bits per heavy atom. The Hall–Kier alpha value is -1.91. The predicted molar refractivity (Wildman–Crippen MR) is 98.0 cm³/mol. The molecule has 132 valence electrons. The molecular formula is C20H22ClFN2O. The second-order valence-electron chi connectivity index (χ2n) is 6.41. The van der Waals surface area contributed by atoms with E-state index in [0.29, 0.717) is 12.8 Å². The van der Waals surface area contributed by atoms with Crippen LogP contribution in [0, 0.1) is 5.82 Å². The number of hydrogen-bond acceptors (Lipinski definition) is 2. The summed E-state index contributed by atoms with van der Waals surface area (Å²) in [5, 5.41) is 0.757. The maximum absolute atomic E-state index is 12.9. The number of amides is 1. The van der Waals surface area contributed by atoms with E-state index >= 15 is 0 Å². The molecule has 0 aliphatic carbocycles. The third-order valence-corrected chi connectivity index (χ3v) is 4.80. The van der Waals surface area contributed by atoms with Gasteiger partial charge in [-0.05, 0) is 41.8 Å². The molecule has 1 aliphatic heterocycles. The predicted octanol–water partition coefficient (Wildman–Crippen LogP) is 3.76. The van der Waals surface area contributed by atoms with Gasteiger partial charge in [0.15, 0.2) is 0 Å².